The van der Waals surface area contributed by atoms with Gasteiger partial charge < -0.3 is 24.3 Å². The quantitative estimate of drug-likeness (QED) is 0.636. The van der Waals surface area contributed by atoms with Crippen LogP contribution in [0, 0.1) is 0 Å². The van der Waals surface area contributed by atoms with E-state index in [0.717, 1.165) is 0 Å². The lowest BCUT2D eigenvalue weighted by atomic mass is 10.1. The third-order valence-electron chi connectivity index (χ3n) is 4.35. The van der Waals surface area contributed by atoms with Crippen molar-refractivity contribution in [2.75, 3.05) is 18.5 Å². The van der Waals surface area contributed by atoms with Crippen molar-refractivity contribution >= 4 is 23.3 Å². The Bertz CT molecular complexity index is 955. The standard InChI is InChI=1S/C20H17NO7/c1-11-19(28-17-5-3-2-4-16(17)27-11)20(24)26-9-14(22)12-6-7-15-13(8-12)21-18(23)10-25-15/h2-8,11,19H,9-10H2,1H3,(H,21,23)/t11-,19-/m1/s1. The fourth-order valence-electron chi connectivity index (χ4n) is 2.94. The van der Waals surface area contributed by atoms with E-state index in [2.05, 4.69) is 5.32 Å². The van der Waals surface area contributed by atoms with Gasteiger partial charge in [0.25, 0.3) is 5.91 Å². The van der Waals surface area contributed by atoms with E-state index in [9.17, 15) is 14.4 Å². The smallest absolute Gasteiger partial charge is 0.351 e. The van der Waals surface area contributed by atoms with Gasteiger partial charge in [0, 0.05) is 5.56 Å². The first-order valence-corrected chi connectivity index (χ1v) is 8.70. The van der Waals surface area contributed by atoms with Crippen molar-refractivity contribution in [3.63, 3.8) is 0 Å². The number of ketones is 1. The number of carbonyl (C=O) groups is 3. The van der Waals surface area contributed by atoms with Gasteiger partial charge in [-0.25, -0.2) is 4.79 Å². The zero-order chi connectivity index (χ0) is 19.7. The molecule has 4 rings (SSSR count). The summed E-state index contributed by atoms with van der Waals surface area (Å²) in [7, 11) is 0. The molecule has 8 heteroatoms. The van der Waals surface area contributed by atoms with Crippen molar-refractivity contribution in [2.24, 2.45) is 0 Å². The van der Waals surface area contributed by atoms with Crippen LogP contribution in [0.4, 0.5) is 5.69 Å². The Hall–Kier alpha value is -3.55. The van der Waals surface area contributed by atoms with Gasteiger partial charge in [0.1, 0.15) is 11.9 Å². The summed E-state index contributed by atoms with van der Waals surface area (Å²) in [6.07, 6.45) is -1.53. The minimum absolute atomic E-state index is 0.0668. The lowest BCUT2D eigenvalue weighted by molar-refractivity contribution is -0.156. The number of ether oxygens (including phenoxy) is 4. The summed E-state index contributed by atoms with van der Waals surface area (Å²) in [5.74, 6) is 0.0686. The molecule has 0 spiro atoms. The minimum atomic E-state index is -0.973. The van der Waals surface area contributed by atoms with Gasteiger partial charge >= 0.3 is 5.97 Å². The van der Waals surface area contributed by atoms with E-state index in [0.29, 0.717) is 22.9 Å². The van der Waals surface area contributed by atoms with E-state index in [1.165, 1.54) is 6.07 Å². The van der Waals surface area contributed by atoms with Crippen LogP contribution in [-0.4, -0.2) is 43.1 Å². The number of nitrogens with one attached hydrogen (secondary N) is 1. The van der Waals surface area contributed by atoms with Crippen molar-refractivity contribution in [1.29, 1.82) is 0 Å². The lowest BCUT2D eigenvalue weighted by Gasteiger charge is -2.30. The molecule has 0 saturated carbocycles. The molecule has 144 valence electrons. The third-order valence-corrected chi connectivity index (χ3v) is 4.35. The molecule has 2 aliphatic heterocycles. The topological polar surface area (TPSA) is 100 Å². The van der Waals surface area contributed by atoms with E-state index in [-0.39, 0.29) is 18.1 Å². The Kier molecular flexibility index (Phi) is 4.60. The molecule has 2 heterocycles. The summed E-state index contributed by atoms with van der Waals surface area (Å²) in [5, 5.41) is 2.63. The molecular weight excluding hydrogens is 366 g/mol. The summed E-state index contributed by atoms with van der Waals surface area (Å²) in [5.41, 5.74) is 0.694. The van der Waals surface area contributed by atoms with Crippen molar-refractivity contribution in [3.05, 3.63) is 48.0 Å². The van der Waals surface area contributed by atoms with Crippen LogP contribution in [0.5, 0.6) is 17.2 Å². The van der Waals surface area contributed by atoms with E-state index in [4.69, 9.17) is 18.9 Å². The Morgan fingerprint density at radius 1 is 1.11 bits per heavy atom. The first-order chi connectivity index (χ1) is 13.5. The zero-order valence-electron chi connectivity index (χ0n) is 15.0. The number of rotatable bonds is 4. The summed E-state index contributed by atoms with van der Waals surface area (Å²) < 4.78 is 21.7. The molecular formula is C20H17NO7. The maximum absolute atomic E-state index is 12.4. The monoisotopic (exact) mass is 383 g/mol. The van der Waals surface area contributed by atoms with E-state index in [1.54, 1.807) is 43.3 Å². The van der Waals surface area contributed by atoms with Crippen molar-refractivity contribution in [3.8, 4) is 17.2 Å². The van der Waals surface area contributed by atoms with Crippen LogP contribution < -0.4 is 19.5 Å². The molecule has 2 atom stereocenters. The molecule has 2 aromatic carbocycles. The van der Waals surface area contributed by atoms with E-state index >= 15 is 0 Å². The van der Waals surface area contributed by atoms with Gasteiger partial charge in [0.2, 0.25) is 6.10 Å². The number of carbonyl (C=O) groups excluding carboxylic acids is 3. The highest BCUT2D eigenvalue weighted by atomic mass is 16.6. The number of esters is 1. The fourth-order valence-corrected chi connectivity index (χ4v) is 2.94. The van der Waals surface area contributed by atoms with Gasteiger partial charge in [-0.3, -0.25) is 9.59 Å². The average Bonchev–Trinajstić information content (AvgIpc) is 2.70. The molecule has 0 aliphatic carbocycles. The van der Waals surface area contributed by atoms with Crippen LogP contribution in [0.3, 0.4) is 0 Å². The summed E-state index contributed by atoms with van der Waals surface area (Å²) in [4.78, 5) is 36.1. The molecule has 2 aliphatic rings. The molecule has 2 aromatic rings. The van der Waals surface area contributed by atoms with Gasteiger partial charge in [0.05, 0.1) is 5.69 Å². The molecule has 8 nitrogen and oxygen atoms in total. The van der Waals surface area contributed by atoms with Gasteiger partial charge in [-0.2, -0.15) is 0 Å². The van der Waals surface area contributed by atoms with Gasteiger partial charge in [0.15, 0.2) is 30.5 Å². The molecule has 0 unspecified atom stereocenters. The highest BCUT2D eigenvalue weighted by Gasteiger charge is 2.35. The van der Waals surface area contributed by atoms with E-state index < -0.39 is 30.6 Å². The molecule has 1 N–H and O–H groups in total. The molecule has 0 fully saturated rings. The zero-order valence-corrected chi connectivity index (χ0v) is 15.0. The van der Waals surface area contributed by atoms with Crippen LogP contribution in [0.2, 0.25) is 0 Å². The number of hydrogen-bond donors (Lipinski definition) is 1. The maximum Gasteiger partial charge on any atom is 0.351 e. The number of anilines is 1. The summed E-state index contributed by atoms with van der Waals surface area (Å²) in [6, 6.07) is 11.6. The fraction of sp³-hybridized carbons (Fsp3) is 0.250. The second-order valence-corrected chi connectivity index (χ2v) is 6.39. The van der Waals surface area contributed by atoms with Gasteiger partial charge in [-0.1, -0.05) is 12.1 Å². The van der Waals surface area contributed by atoms with Gasteiger partial charge in [-0.05, 0) is 37.3 Å². The predicted molar refractivity (Wildman–Crippen MR) is 96.8 cm³/mol. The van der Waals surface area contributed by atoms with Crippen LogP contribution in [-0.2, 0) is 14.3 Å². The molecule has 0 aromatic heterocycles. The molecule has 1 amide bonds. The Balaban J connectivity index is 1.39. The number of amides is 1. The van der Waals surface area contributed by atoms with Crippen molar-refractivity contribution < 1.29 is 33.3 Å². The Morgan fingerprint density at radius 3 is 2.64 bits per heavy atom. The lowest BCUT2D eigenvalue weighted by Crippen LogP contribution is -2.44. The van der Waals surface area contributed by atoms with Crippen LogP contribution in [0.25, 0.3) is 0 Å². The number of hydrogen-bond acceptors (Lipinski definition) is 7. The number of Topliss-reactive ketones (excluding diaryl/α,β-unsaturated/α-hetero) is 1. The summed E-state index contributed by atoms with van der Waals surface area (Å²) in [6.45, 7) is 1.17. The second kappa shape index (κ2) is 7.22. The molecule has 0 bridgehead atoms. The highest BCUT2D eigenvalue weighted by Crippen LogP contribution is 2.33. The molecule has 0 saturated heterocycles. The Morgan fingerprint density at radius 2 is 1.86 bits per heavy atom. The van der Waals surface area contributed by atoms with Crippen molar-refractivity contribution in [2.45, 2.75) is 19.1 Å². The summed E-state index contributed by atoms with van der Waals surface area (Å²) >= 11 is 0. The maximum atomic E-state index is 12.4. The normalized spacial score (nSPS) is 19.7. The minimum Gasteiger partial charge on any atom is -0.482 e. The van der Waals surface area contributed by atoms with Crippen LogP contribution in [0.1, 0.15) is 17.3 Å². The highest BCUT2D eigenvalue weighted by molar-refractivity contribution is 6.01. The number of fused-ring (bicyclic) bond motifs is 2. The van der Waals surface area contributed by atoms with Gasteiger partial charge in [-0.15, -0.1) is 0 Å². The third kappa shape index (κ3) is 3.48. The Labute approximate surface area is 160 Å². The van der Waals surface area contributed by atoms with E-state index in [1.807, 2.05) is 0 Å². The average molecular weight is 383 g/mol. The number of para-hydroxylation sites is 2. The first-order valence-electron chi connectivity index (χ1n) is 8.70. The van der Waals surface area contributed by atoms with Crippen LogP contribution in [0.15, 0.2) is 42.5 Å². The van der Waals surface area contributed by atoms with Crippen molar-refractivity contribution in [1.82, 2.24) is 0 Å². The predicted octanol–water partition coefficient (Wildman–Crippen LogP) is 1.97. The first kappa shape index (κ1) is 17.8. The molecule has 0 radical (unpaired) electrons. The second-order valence-electron chi connectivity index (χ2n) is 6.39. The number of benzene rings is 2. The largest absolute Gasteiger partial charge is 0.482 e. The molecule has 28 heavy (non-hydrogen) atoms. The van der Waals surface area contributed by atoms with Crippen LogP contribution >= 0.6 is 0 Å². The SMILES string of the molecule is C[C@H]1Oc2ccccc2O[C@H]1C(=O)OCC(=O)c1ccc2c(c1)NC(=O)CO2.